The number of hydrogen-bond acceptors (Lipinski definition) is 5. The number of hydrogen-bond donors (Lipinski definition) is 0. The minimum Gasteiger partial charge on any atom is -0.339 e. The van der Waals surface area contributed by atoms with E-state index in [1.165, 1.54) is 5.56 Å². The standard InChI is InChI=1S/C29H35N5O2S/c1-21-11-15-25(16-12-21)34-27(23-8-4-3-5-9-23)30-31-29(34)37-19-7-6-10-26(35)32-17-18-33(22(2)20-32)28(36)24-13-14-24/h3-5,8-9,11-12,15-16,22,24H,6-7,10,13-14,17-20H2,1-2H3. The molecule has 194 valence electrons. The molecule has 0 radical (unpaired) electrons. The maximum Gasteiger partial charge on any atom is 0.226 e. The summed E-state index contributed by atoms with van der Waals surface area (Å²) in [6.45, 7) is 6.10. The SMILES string of the molecule is Cc1ccc(-n2c(SCCCCC(=O)N3CCN(C(=O)C4CC4)C(C)C3)nnc2-c2ccccc2)cc1. The molecule has 5 rings (SSSR count). The van der Waals surface area contributed by atoms with Gasteiger partial charge in [-0.2, -0.15) is 0 Å². The molecule has 7 nitrogen and oxygen atoms in total. The number of carbonyl (C=O) groups is 2. The van der Waals surface area contributed by atoms with E-state index in [9.17, 15) is 9.59 Å². The summed E-state index contributed by atoms with van der Waals surface area (Å²) in [5.41, 5.74) is 3.28. The van der Waals surface area contributed by atoms with Crippen molar-refractivity contribution in [2.75, 3.05) is 25.4 Å². The van der Waals surface area contributed by atoms with Crippen LogP contribution in [0.4, 0.5) is 0 Å². The second-order valence-electron chi connectivity index (χ2n) is 10.1. The van der Waals surface area contributed by atoms with Gasteiger partial charge in [-0.1, -0.05) is 59.8 Å². The van der Waals surface area contributed by atoms with E-state index in [0.29, 0.717) is 26.1 Å². The first-order valence-electron chi connectivity index (χ1n) is 13.3. The van der Waals surface area contributed by atoms with Crippen LogP contribution in [0, 0.1) is 12.8 Å². The Bertz CT molecular complexity index is 1220. The summed E-state index contributed by atoms with van der Waals surface area (Å²) in [6, 6.07) is 18.7. The monoisotopic (exact) mass is 517 g/mol. The molecule has 2 heterocycles. The molecule has 3 aromatic rings. The molecule has 1 unspecified atom stereocenters. The number of thioether (sulfide) groups is 1. The molecule has 2 aliphatic rings. The topological polar surface area (TPSA) is 71.3 Å². The van der Waals surface area contributed by atoms with E-state index in [2.05, 4.69) is 65.0 Å². The summed E-state index contributed by atoms with van der Waals surface area (Å²) in [5, 5.41) is 9.89. The predicted molar refractivity (Wildman–Crippen MR) is 147 cm³/mol. The number of piperazine rings is 1. The van der Waals surface area contributed by atoms with E-state index >= 15 is 0 Å². The third-order valence-corrected chi connectivity index (χ3v) is 8.18. The highest BCUT2D eigenvalue weighted by atomic mass is 32.2. The minimum atomic E-state index is 0.105. The Morgan fingerprint density at radius 1 is 0.973 bits per heavy atom. The quantitative estimate of drug-likeness (QED) is 0.296. The first kappa shape index (κ1) is 25.5. The van der Waals surface area contributed by atoms with Crippen LogP contribution in [0.15, 0.2) is 59.8 Å². The highest BCUT2D eigenvalue weighted by Crippen LogP contribution is 2.32. The lowest BCUT2D eigenvalue weighted by Crippen LogP contribution is -2.55. The second-order valence-corrected chi connectivity index (χ2v) is 11.2. The number of nitrogens with zero attached hydrogens (tertiary/aromatic N) is 5. The number of aromatic nitrogens is 3. The Balaban J connectivity index is 1.14. The van der Waals surface area contributed by atoms with Gasteiger partial charge in [0.05, 0.1) is 0 Å². The van der Waals surface area contributed by atoms with Gasteiger partial charge in [-0.15, -0.1) is 10.2 Å². The lowest BCUT2D eigenvalue weighted by molar-refractivity contribution is -0.143. The molecule has 0 spiro atoms. The van der Waals surface area contributed by atoms with Gasteiger partial charge in [-0.05, 0) is 51.7 Å². The van der Waals surface area contributed by atoms with Crippen molar-refractivity contribution in [3.05, 3.63) is 60.2 Å². The maximum absolute atomic E-state index is 12.8. The van der Waals surface area contributed by atoms with Crippen LogP contribution >= 0.6 is 11.8 Å². The molecule has 2 fully saturated rings. The molecule has 0 bridgehead atoms. The third kappa shape index (κ3) is 6.06. The molecule has 8 heteroatoms. The molecule has 1 saturated heterocycles. The zero-order valence-electron chi connectivity index (χ0n) is 21.7. The van der Waals surface area contributed by atoms with Gasteiger partial charge >= 0.3 is 0 Å². The highest BCUT2D eigenvalue weighted by Gasteiger charge is 2.37. The average molecular weight is 518 g/mol. The van der Waals surface area contributed by atoms with E-state index in [1.807, 2.05) is 28.0 Å². The van der Waals surface area contributed by atoms with Gasteiger partial charge in [0.1, 0.15) is 0 Å². The third-order valence-electron chi connectivity index (χ3n) is 7.16. The molecule has 1 aromatic heterocycles. The normalized spacial score (nSPS) is 17.7. The number of carbonyl (C=O) groups excluding carboxylic acids is 2. The summed E-state index contributed by atoms with van der Waals surface area (Å²) < 4.78 is 2.12. The average Bonchev–Trinajstić information content (AvgIpc) is 3.69. The predicted octanol–water partition coefficient (Wildman–Crippen LogP) is 4.97. The number of benzene rings is 2. The summed E-state index contributed by atoms with van der Waals surface area (Å²) in [7, 11) is 0. The molecule has 2 aromatic carbocycles. The van der Waals surface area contributed by atoms with Crippen LogP contribution in [0.5, 0.6) is 0 Å². The molecule has 0 N–H and O–H groups in total. The summed E-state index contributed by atoms with van der Waals surface area (Å²) in [4.78, 5) is 29.2. The van der Waals surface area contributed by atoms with Crippen molar-refractivity contribution < 1.29 is 9.59 Å². The van der Waals surface area contributed by atoms with Gasteiger partial charge in [0.15, 0.2) is 11.0 Å². The largest absolute Gasteiger partial charge is 0.339 e. The van der Waals surface area contributed by atoms with Crippen molar-refractivity contribution in [2.45, 2.75) is 57.1 Å². The lowest BCUT2D eigenvalue weighted by Gasteiger charge is -2.40. The fraction of sp³-hybridized carbons (Fsp3) is 0.448. The van der Waals surface area contributed by atoms with Crippen molar-refractivity contribution in [3.8, 4) is 17.1 Å². The van der Waals surface area contributed by atoms with Gasteiger partial charge in [-0.3, -0.25) is 14.2 Å². The van der Waals surface area contributed by atoms with Crippen molar-refractivity contribution >= 4 is 23.6 Å². The fourth-order valence-electron chi connectivity index (χ4n) is 4.84. The van der Waals surface area contributed by atoms with Crippen LogP contribution in [-0.4, -0.2) is 67.8 Å². The summed E-state index contributed by atoms with van der Waals surface area (Å²) in [5.74, 6) is 2.42. The summed E-state index contributed by atoms with van der Waals surface area (Å²) >= 11 is 1.68. The fourth-order valence-corrected chi connectivity index (χ4v) is 5.79. The van der Waals surface area contributed by atoms with Gasteiger partial charge in [0.25, 0.3) is 0 Å². The zero-order valence-corrected chi connectivity index (χ0v) is 22.5. The van der Waals surface area contributed by atoms with Crippen LogP contribution in [-0.2, 0) is 9.59 Å². The molecular weight excluding hydrogens is 482 g/mol. The first-order valence-corrected chi connectivity index (χ1v) is 14.3. The number of aryl methyl sites for hydroxylation is 1. The Hall–Kier alpha value is -3.13. The molecule has 1 aliphatic carbocycles. The van der Waals surface area contributed by atoms with Crippen molar-refractivity contribution in [1.82, 2.24) is 24.6 Å². The minimum absolute atomic E-state index is 0.105. The number of amides is 2. The lowest BCUT2D eigenvalue weighted by atomic mass is 10.1. The van der Waals surface area contributed by atoms with Gasteiger partial charge in [0.2, 0.25) is 11.8 Å². The van der Waals surface area contributed by atoms with Gasteiger partial charge in [-0.25, -0.2) is 0 Å². The molecule has 1 aliphatic heterocycles. The Morgan fingerprint density at radius 2 is 1.73 bits per heavy atom. The molecule has 37 heavy (non-hydrogen) atoms. The molecule has 2 amide bonds. The van der Waals surface area contributed by atoms with Crippen LogP contribution in [0.25, 0.3) is 17.1 Å². The molecular formula is C29H35N5O2S. The van der Waals surface area contributed by atoms with Crippen molar-refractivity contribution in [2.24, 2.45) is 5.92 Å². The Kier molecular flexibility index (Phi) is 7.93. The summed E-state index contributed by atoms with van der Waals surface area (Å²) in [6.07, 6.45) is 4.36. The second kappa shape index (κ2) is 11.5. The smallest absolute Gasteiger partial charge is 0.226 e. The maximum atomic E-state index is 12.8. The highest BCUT2D eigenvalue weighted by molar-refractivity contribution is 7.99. The van der Waals surface area contributed by atoms with Crippen LogP contribution in [0.1, 0.15) is 44.6 Å². The van der Waals surface area contributed by atoms with Crippen LogP contribution in [0.2, 0.25) is 0 Å². The van der Waals surface area contributed by atoms with Crippen molar-refractivity contribution in [1.29, 1.82) is 0 Å². The van der Waals surface area contributed by atoms with Gasteiger partial charge in [0, 0.05) is 55.0 Å². The number of unbranched alkanes of at least 4 members (excludes halogenated alkanes) is 1. The van der Waals surface area contributed by atoms with E-state index < -0.39 is 0 Å². The van der Waals surface area contributed by atoms with E-state index in [1.54, 1.807) is 11.8 Å². The zero-order chi connectivity index (χ0) is 25.8. The Labute approximate surface area is 223 Å². The van der Waals surface area contributed by atoms with E-state index in [-0.39, 0.29) is 23.8 Å². The van der Waals surface area contributed by atoms with Crippen molar-refractivity contribution in [3.63, 3.8) is 0 Å². The van der Waals surface area contributed by atoms with Gasteiger partial charge < -0.3 is 9.80 Å². The first-order chi connectivity index (χ1) is 18.0. The van der Waals surface area contributed by atoms with Crippen LogP contribution in [0.3, 0.4) is 0 Å². The molecule has 1 saturated carbocycles. The van der Waals surface area contributed by atoms with E-state index in [0.717, 1.165) is 53.7 Å². The Morgan fingerprint density at radius 3 is 2.43 bits per heavy atom. The number of rotatable bonds is 9. The van der Waals surface area contributed by atoms with Crippen LogP contribution < -0.4 is 0 Å². The van der Waals surface area contributed by atoms with E-state index in [4.69, 9.17) is 0 Å². The molecule has 1 atom stereocenters.